The second kappa shape index (κ2) is 9.95. The molecule has 0 unspecified atom stereocenters. The summed E-state index contributed by atoms with van der Waals surface area (Å²) in [6, 6.07) is 3.77. The summed E-state index contributed by atoms with van der Waals surface area (Å²) in [5, 5.41) is 1.30. The van der Waals surface area contributed by atoms with E-state index < -0.39 is 0 Å². The number of ether oxygens (including phenoxy) is 3. The monoisotopic (exact) mass is 459 g/mol. The zero-order valence-corrected chi connectivity index (χ0v) is 18.4. The number of morpholine rings is 1. The molecule has 2 aromatic rings. The van der Waals surface area contributed by atoms with Crippen molar-refractivity contribution in [1.29, 1.82) is 0 Å². The summed E-state index contributed by atoms with van der Waals surface area (Å²) >= 11 is 7.65. The molecule has 158 valence electrons. The number of amides is 1. The Bertz CT molecular complexity index is 899. The van der Waals surface area contributed by atoms with E-state index in [0.717, 1.165) is 48.6 Å². The molecule has 1 amide bonds. The van der Waals surface area contributed by atoms with Crippen LogP contribution in [0.3, 0.4) is 0 Å². The van der Waals surface area contributed by atoms with Gasteiger partial charge in [0.2, 0.25) is 5.76 Å². The third-order valence-electron chi connectivity index (χ3n) is 4.72. The molecule has 0 aliphatic carbocycles. The highest BCUT2D eigenvalue weighted by Crippen LogP contribution is 2.33. The largest absolute Gasteiger partial charge is 0.494 e. The van der Waals surface area contributed by atoms with Gasteiger partial charge in [-0.2, -0.15) is 0 Å². The zero-order chi connectivity index (χ0) is 19.5. The van der Waals surface area contributed by atoms with Gasteiger partial charge in [-0.15, -0.1) is 12.4 Å². The van der Waals surface area contributed by atoms with Gasteiger partial charge < -0.3 is 14.2 Å². The molecule has 1 aromatic heterocycles. The molecule has 0 spiro atoms. The first-order chi connectivity index (χ1) is 13.6. The number of carbonyl (C=O) groups excluding carboxylic acids is 1. The van der Waals surface area contributed by atoms with Crippen LogP contribution in [0.5, 0.6) is 0 Å². The van der Waals surface area contributed by atoms with Gasteiger partial charge >= 0.3 is 0 Å². The highest BCUT2D eigenvalue weighted by Gasteiger charge is 2.27. The summed E-state index contributed by atoms with van der Waals surface area (Å²) in [5.41, 5.74) is 1.85. The topological polar surface area (TPSA) is 64.1 Å². The normalized spacial score (nSPS) is 17.1. The van der Waals surface area contributed by atoms with Gasteiger partial charge in [0.05, 0.1) is 23.4 Å². The first-order valence-electron chi connectivity index (χ1n) is 9.25. The van der Waals surface area contributed by atoms with Gasteiger partial charge in [-0.25, -0.2) is 4.98 Å². The van der Waals surface area contributed by atoms with Crippen molar-refractivity contribution in [3.05, 3.63) is 34.7 Å². The van der Waals surface area contributed by atoms with Crippen molar-refractivity contribution in [2.45, 2.75) is 6.92 Å². The molecule has 7 nitrogen and oxygen atoms in total. The number of fused-ring (bicyclic) bond motifs is 1. The number of carbonyl (C=O) groups is 1. The maximum atomic E-state index is 13.2. The number of rotatable bonds is 5. The SMILES string of the molecule is Cc1cc(Cl)cc2sc(N(CCN3CCOCC3)C(=O)C3=COCCO3)nc12.Cl. The maximum absolute atomic E-state index is 13.2. The van der Waals surface area contributed by atoms with Crippen molar-refractivity contribution < 1.29 is 19.0 Å². The Balaban J connectivity index is 0.00000240. The summed E-state index contributed by atoms with van der Waals surface area (Å²) in [6.45, 7) is 7.18. The van der Waals surface area contributed by atoms with Gasteiger partial charge in [0, 0.05) is 31.2 Å². The van der Waals surface area contributed by atoms with Crippen molar-refractivity contribution in [2.75, 3.05) is 57.5 Å². The van der Waals surface area contributed by atoms with Gasteiger partial charge in [0.1, 0.15) is 19.5 Å². The lowest BCUT2D eigenvalue weighted by Gasteiger charge is -2.29. The predicted molar refractivity (Wildman–Crippen MR) is 116 cm³/mol. The minimum Gasteiger partial charge on any atom is -0.494 e. The highest BCUT2D eigenvalue weighted by molar-refractivity contribution is 7.22. The van der Waals surface area contributed by atoms with Crippen LogP contribution in [0.2, 0.25) is 5.02 Å². The van der Waals surface area contributed by atoms with Crippen LogP contribution in [0.25, 0.3) is 10.2 Å². The summed E-state index contributed by atoms with van der Waals surface area (Å²) in [5.74, 6) is -0.0296. The third-order valence-corrected chi connectivity index (χ3v) is 5.96. The number of thiazole rings is 1. The van der Waals surface area contributed by atoms with Gasteiger partial charge in [-0.05, 0) is 24.6 Å². The second-order valence-corrected chi connectivity index (χ2v) is 8.12. The molecule has 0 saturated carbocycles. The summed E-state index contributed by atoms with van der Waals surface area (Å²) in [7, 11) is 0. The van der Waals surface area contributed by atoms with E-state index in [9.17, 15) is 4.79 Å². The van der Waals surface area contributed by atoms with E-state index >= 15 is 0 Å². The molecule has 0 bridgehead atoms. The summed E-state index contributed by atoms with van der Waals surface area (Å²) in [4.78, 5) is 21.8. The molecule has 10 heteroatoms. The molecule has 2 aliphatic heterocycles. The molecule has 3 heterocycles. The maximum Gasteiger partial charge on any atom is 0.298 e. The quantitative estimate of drug-likeness (QED) is 0.683. The lowest BCUT2D eigenvalue weighted by atomic mass is 10.2. The van der Waals surface area contributed by atoms with Crippen molar-refractivity contribution in [1.82, 2.24) is 9.88 Å². The van der Waals surface area contributed by atoms with Gasteiger partial charge in [0.25, 0.3) is 5.91 Å². The summed E-state index contributed by atoms with van der Waals surface area (Å²) < 4.78 is 17.2. The Hall–Kier alpha value is -1.58. The molecule has 2 aliphatic rings. The zero-order valence-electron chi connectivity index (χ0n) is 16.1. The molecule has 1 aromatic carbocycles. The number of anilines is 1. The Kier molecular flexibility index (Phi) is 7.59. The van der Waals surface area contributed by atoms with E-state index in [4.69, 9.17) is 30.8 Å². The predicted octanol–water partition coefficient (Wildman–Crippen LogP) is 3.23. The van der Waals surface area contributed by atoms with Crippen LogP contribution in [0, 0.1) is 6.92 Å². The number of hydrogen-bond acceptors (Lipinski definition) is 7. The van der Waals surface area contributed by atoms with E-state index in [1.807, 2.05) is 19.1 Å². The molecule has 29 heavy (non-hydrogen) atoms. The van der Waals surface area contributed by atoms with Gasteiger partial charge in [-0.1, -0.05) is 22.9 Å². The fourth-order valence-electron chi connectivity index (χ4n) is 3.22. The van der Waals surface area contributed by atoms with Crippen molar-refractivity contribution in [3.63, 3.8) is 0 Å². The number of nitrogens with zero attached hydrogens (tertiary/aromatic N) is 3. The van der Waals surface area contributed by atoms with Gasteiger partial charge in [0.15, 0.2) is 5.13 Å². The van der Waals surface area contributed by atoms with Crippen LogP contribution in [0.4, 0.5) is 5.13 Å². The van der Waals surface area contributed by atoms with Crippen molar-refractivity contribution in [3.8, 4) is 0 Å². The van der Waals surface area contributed by atoms with Crippen LogP contribution >= 0.6 is 35.3 Å². The number of hydrogen-bond donors (Lipinski definition) is 0. The smallest absolute Gasteiger partial charge is 0.298 e. The lowest BCUT2D eigenvalue weighted by molar-refractivity contribution is -0.119. The molecular formula is C19H23Cl2N3O4S. The number of benzene rings is 1. The van der Waals surface area contributed by atoms with Crippen LogP contribution in [-0.4, -0.2) is 68.4 Å². The summed E-state index contributed by atoms with van der Waals surface area (Å²) in [6.07, 6.45) is 1.39. The van der Waals surface area contributed by atoms with E-state index in [0.29, 0.717) is 29.9 Å². The molecule has 0 radical (unpaired) electrons. The van der Waals surface area contributed by atoms with Crippen LogP contribution in [0.15, 0.2) is 24.2 Å². The first-order valence-corrected chi connectivity index (χ1v) is 10.4. The van der Waals surface area contributed by atoms with Crippen LogP contribution in [0.1, 0.15) is 5.56 Å². The molecule has 0 atom stereocenters. The highest BCUT2D eigenvalue weighted by atomic mass is 35.5. The molecular weight excluding hydrogens is 437 g/mol. The Morgan fingerprint density at radius 3 is 2.79 bits per heavy atom. The van der Waals surface area contributed by atoms with E-state index in [1.54, 1.807) is 4.90 Å². The molecule has 1 fully saturated rings. The molecule has 4 rings (SSSR count). The number of aryl methyl sites for hydroxylation is 1. The van der Waals surface area contributed by atoms with E-state index in [-0.39, 0.29) is 24.1 Å². The average molecular weight is 460 g/mol. The molecule has 1 saturated heterocycles. The van der Waals surface area contributed by atoms with Crippen molar-refractivity contribution in [2.24, 2.45) is 0 Å². The Morgan fingerprint density at radius 2 is 2.07 bits per heavy atom. The Labute approximate surface area is 184 Å². The average Bonchev–Trinajstić information content (AvgIpc) is 3.13. The first kappa shape index (κ1) is 22.1. The van der Waals surface area contributed by atoms with Crippen LogP contribution in [-0.2, 0) is 19.0 Å². The van der Waals surface area contributed by atoms with E-state index in [1.165, 1.54) is 17.6 Å². The second-order valence-electron chi connectivity index (χ2n) is 6.68. The fraction of sp³-hybridized carbons (Fsp3) is 0.474. The van der Waals surface area contributed by atoms with Gasteiger partial charge in [-0.3, -0.25) is 14.6 Å². The van der Waals surface area contributed by atoms with Crippen molar-refractivity contribution >= 4 is 56.6 Å². The number of halogens is 2. The standard InChI is InChI=1S/C19H22ClN3O4S.ClH/c1-13-10-14(20)11-16-17(13)21-19(28-16)23(3-2-22-4-6-25-7-5-22)18(24)15-12-26-8-9-27-15;/h10-12H,2-9H2,1H3;1H. The minimum atomic E-state index is -0.240. The number of aromatic nitrogens is 1. The van der Waals surface area contributed by atoms with Crippen LogP contribution < -0.4 is 4.90 Å². The lowest BCUT2D eigenvalue weighted by Crippen LogP contribution is -2.44. The van der Waals surface area contributed by atoms with E-state index in [2.05, 4.69) is 4.90 Å². The third kappa shape index (κ3) is 5.13. The Morgan fingerprint density at radius 1 is 1.28 bits per heavy atom. The molecule has 0 N–H and O–H groups in total. The fourth-order valence-corrected chi connectivity index (χ4v) is 4.67. The minimum absolute atomic E-state index is 0.